The lowest BCUT2D eigenvalue weighted by Crippen LogP contribution is -2.42. The molecule has 1 atom stereocenters. The van der Waals surface area contributed by atoms with Crippen molar-refractivity contribution in [2.75, 3.05) is 4.90 Å². The molecule has 18 heavy (non-hydrogen) atoms. The summed E-state index contributed by atoms with van der Waals surface area (Å²) in [7, 11) is 0. The minimum Gasteiger partial charge on any atom is -0.480 e. The van der Waals surface area contributed by atoms with Crippen molar-refractivity contribution in [1.82, 2.24) is 0 Å². The Labute approximate surface area is 105 Å². The Hall–Kier alpha value is -2.37. The second-order valence-electron chi connectivity index (χ2n) is 3.86. The molecule has 4 N–H and O–H groups in total. The van der Waals surface area contributed by atoms with Gasteiger partial charge in [-0.15, -0.1) is 0 Å². The summed E-state index contributed by atoms with van der Waals surface area (Å²) >= 11 is 0. The summed E-state index contributed by atoms with van der Waals surface area (Å²) in [6, 6.07) is 5.32. The smallest absolute Gasteiger partial charge is 0.326 e. The quantitative estimate of drug-likeness (QED) is 0.541. The van der Waals surface area contributed by atoms with Gasteiger partial charge in [0.15, 0.2) is 0 Å². The number of carboxylic acid groups (broad SMARTS) is 1. The summed E-state index contributed by atoms with van der Waals surface area (Å²) in [4.78, 5) is 23.6. The molecule has 6 nitrogen and oxygen atoms in total. The molecule has 1 unspecified atom stereocenters. The maximum Gasteiger partial charge on any atom is 0.326 e. The molecular weight excluding hydrogens is 234 g/mol. The lowest BCUT2D eigenvalue weighted by molar-refractivity contribution is -0.139. The average Bonchev–Trinajstić information content (AvgIpc) is 2.29. The molecule has 0 saturated carbocycles. The van der Waals surface area contributed by atoms with E-state index in [1.165, 1.54) is 18.7 Å². The van der Waals surface area contributed by atoms with E-state index in [0.717, 1.165) is 0 Å². The van der Waals surface area contributed by atoms with E-state index in [-0.39, 0.29) is 11.7 Å². The van der Waals surface area contributed by atoms with E-state index in [1.807, 2.05) is 0 Å². The molecule has 1 aromatic carbocycles. The van der Waals surface area contributed by atoms with Crippen molar-refractivity contribution in [3.05, 3.63) is 29.8 Å². The highest BCUT2D eigenvalue weighted by Crippen LogP contribution is 2.18. The summed E-state index contributed by atoms with van der Waals surface area (Å²) in [5, 5.41) is 16.2. The largest absolute Gasteiger partial charge is 0.480 e. The number of nitrogens with zero attached hydrogens (tertiary/aromatic N) is 1. The molecule has 0 aromatic heterocycles. The van der Waals surface area contributed by atoms with E-state index in [9.17, 15) is 9.59 Å². The number of carbonyl (C=O) groups excluding carboxylic acids is 1. The number of carbonyl (C=O) groups is 2. The molecule has 0 spiro atoms. The minimum atomic E-state index is -1.08. The Balaban J connectivity index is 3.11. The molecule has 1 rings (SSSR count). The average molecular weight is 249 g/mol. The fraction of sp³-hybridized carbons (Fsp3) is 0.250. The van der Waals surface area contributed by atoms with E-state index >= 15 is 0 Å². The van der Waals surface area contributed by atoms with Gasteiger partial charge in [-0.05, 0) is 31.2 Å². The number of hydrogen-bond donors (Lipinski definition) is 3. The second kappa shape index (κ2) is 5.31. The van der Waals surface area contributed by atoms with Crippen molar-refractivity contribution >= 4 is 23.4 Å². The van der Waals surface area contributed by atoms with Crippen LogP contribution in [-0.4, -0.2) is 28.9 Å². The Morgan fingerprint density at radius 2 is 1.83 bits per heavy atom. The van der Waals surface area contributed by atoms with Crippen LogP contribution in [0.2, 0.25) is 0 Å². The minimum absolute atomic E-state index is 0.0813. The first-order valence-corrected chi connectivity index (χ1v) is 5.31. The number of rotatable bonds is 4. The van der Waals surface area contributed by atoms with Crippen LogP contribution in [0.1, 0.15) is 19.4 Å². The van der Waals surface area contributed by atoms with Gasteiger partial charge in [0.25, 0.3) is 0 Å². The van der Waals surface area contributed by atoms with Crippen molar-refractivity contribution in [1.29, 1.82) is 5.41 Å². The van der Waals surface area contributed by atoms with Crippen LogP contribution >= 0.6 is 0 Å². The van der Waals surface area contributed by atoms with Crippen LogP contribution in [0, 0.1) is 5.41 Å². The van der Waals surface area contributed by atoms with Gasteiger partial charge < -0.3 is 10.8 Å². The zero-order valence-corrected chi connectivity index (χ0v) is 10.2. The van der Waals surface area contributed by atoms with Gasteiger partial charge in [-0.2, -0.15) is 0 Å². The molecule has 96 valence electrons. The number of nitrogens with two attached hydrogens (primary N) is 1. The number of anilines is 1. The van der Waals surface area contributed by atoms with Crippen molar-refractivity contribution in [3.8, 4) is 0 Å². The molecule has 0 heterocycles. The van der Waals surface area contributed by atoms with Gasteiger partial charge in [-0.3, -0.25) is 15.1 Å². The number of amidine groups is 1. The van der Waals surface area contributed by atoms with E-state index in [1.54, 1.807) is 24.3 Å². The normalized spacial score (nSPS) is 11.7. The van der Waals surface area contributed by atoms with Crippen molar-refractivity contribution in [3.63, 3.8) is 0 Å². The lowest BCUT2D eigenvalue weighted by Gasteiger charge is -2.25. The van der Waals surface area contributed by atoms with Gasteiger partial charge in [0.2, 0.25) is 5.91 Å². The van der Waals surface area contributed by atoms with Gasteiger partial charge in [0, 0.05) is 18.2 Å². The van der Waals surface area contributed by atoms with E-state index in [4.69, 9.17) is 16.2 Å². The van der Waals surface area contributed by atoms with Crippen LogP contribution in [0.4, 0.5) is 5.69 Å². The maximum atomic E-state index is 11.5. The summed E-state index contributed by atoms with van der Waals surface area (Å²) in [5.41, 5.74) is 6.30. The van der Waals surface area contributed by atoms with Crippen molar-refractivity contribution < 1.29 is 14.7 Å². The number of hydrogen-bond acceptors (Lipinski definition) is 3. The van der Waals surface area contributed by atoms with Gasteiger partial charge in [0.05, 0.1) is 0 Å². The first-order valence-electron chi connectivity index (χ1n) is 5.31. The molecule has 0 radical (unpaired) electrons. The number of amides is 1. The Morgan fingerprint density at radius 1 is 1.33 bits per heavy atom. The van der Waals surface area contributed by atoms with Gasteiger partial charge >= 0.3 is 5.97 Å². The molecule has 0 aliphatic rings. The van der Waals surface area contributed by atoms with Crippen LogP contribution in [0.5, 0.6) is 0 Å². The molecule has 0 bridgehead atoms. The van der Waals surface area contributed by atoms with E-state index < -0.39 is 12.0 Å². The highest BCUT2D eigenvalue weighted by atomic mass is 16.4. The number of nitrogens with one attached hydrogen (secondary N) is 1. The Kier molecular flexibility index (Phi) is 4.04. The number of nitrogen functional groups attached to an aromatic ring is 1. The van der Waals surface area contributed by atoms with E-state index in [2.05, 4.69) is 0 Å². The molecule has 6 heteroatoms. The monoisotopic (exact) mass is 249 g/mol. The first-order chi connectivity index (χ1) is 8.34. The van der Waals surface area contributed by atoms with Gasteiger partial charge in [0.1, 0.15) is 11.9 Å². The van der Waals surface area contributed by atoms with Crippen LogP contribution in [0.15, 0.2) is 24.3 Å². The first kappa shape index (κ1) is 13.7. The third-order valence-electron chi connectivity index (χ3n) is 2.54. The third-order valence-corrected chi connectivity index (χ3v) is 2.54. The second-order valence-corrected chi connectivity index (χ2v) is 3.86. The molecule has 0 saturated heterocycles. The zero-order chi connectivity index (χ0) is 13.9. The zero-order valence-electron chi connectivity index (χ0n) is 10.2. The standard InChI is InChI=1S/C12H15N3O3/c1-7(12(17)18)15(8(2)16)10-5-3-9(4-6-10)11(13)14/h3-7H,1-2H3,(H3,13,14)(H,17,18). The number of carboxylic acids is 1. The van der Waals surface area contributed by atoms with Crippen molar-refractivity contribution in [2.24, 2.45) is 5.73 Å². The van der Waals surface area contributed by atoms with Crippen molar-refractivity contribution in [2.45, 2.75) is 19.9 Å². The Bertz CT molecular complexity index is 482. The van der Waals surface area contributed by atoms with Crippen LogP contribution in [0.3, 0.4) is 0 Å². The molecule has 0 aliphatic carbocycles. The summed E-state index contributed by atoms with van der Waals surface area (Å²) in [5.74, 6) is -1.52. The van der Waals surface area contributed by atoms with Gasteiger partial charge in [-0.25, -0.2) is 4.79 Å². The number of aliphatic carboxylic acids is 1. The predicted molar refractivity (Wildman–Crippen MR) is 67.7 cm³/mol. The maximum absolute atomic E-state index is 11.5. The Morgan fingerprint density at radius 3 is 2.17 bits per heavy atom. The molecule has 1 amide bonds. The topological polar surface area (TPSA) is 107 Å². The predicted octanol–water partition coefficient (Wildman–Crippen LogP) is 0.797. The summed E-state index contributed by atoms with van der Waals surface area (Å²) in [6.45, 7) is 2.74. The fourth-order valence-electron chi connectivity index (χ4n) is 1.59. The molecule has 0 fully saturated rings. The van der Waals surface area contributed by atoms with Crippen LogP contribution < -0.4 is 10.6 Å². The molecular formula is C12H15N3O3. The highest BCUT2D eigenvalue weighted by Gasteiger charge is 2.24. The highest BCUT2D eigenvalue weighted by molar-refractivity contribution is 5.99. The van der Waals surface area contributed by atoms with Crippen LogP contribution in [-0.2, 0) is 9.59 Å². The molecule has 1 aromatic rings. The third kappa shape index (κ3) is 2.85. The lowest BCUT2D eigenvalue weighted by atomic mass is 10.1. The van der Waals surface area contributed by atoms with Gasteiger partial charge in [-0.1, -0.05) is 0 Å². The SMILES string of the molecule is CC(=O)N(c1ccc(C(=N)N)cc1)C(C)C(=O)O. The molecule has 0 aliphatic heterocycles. The van der Waals surface area contributed by atoms with E-state index in [0.29, 0.717) is 11.3 Å². The van der Waals surface area contributed by atoms with Crippen LogP contribution in [0.25, 0.3) is 0 Å². The number of benzene rings is 1. The summed E-state index contributed by atoms with van der Waals surface area (Å²) < 4.78 is 0. The fourth-order valence-corrected chi connectivity index (χ4v) is 1.59. The summed E-state index contributed by atoms with van der Waals surface area (Å²) in [6.07, 6.45) is 0.